The zero-order valence-corrected chi connectivity index (χ0v) is 20.7. The SMILES string of the molecule is CSc1cccc(F)c1S(=O)(=O)OCO[PH](=O)OCOS(=O)(=O)c1c(F)cccc1SC. The number of hydrogen-bond donors (Lipinski definition) is 0. The molecule has 0 bridgehead atoms. The van der Waals surface area contributed by atoms with Crippen LogP contribution in [0.1, 0.15) is 0 Å². The average Bonchev–Trinajstić information content (AvgIpc) is 2.72. The number of rotatable bonds is 12. The van der Waals surface area contributed by atoms with Crippen LogP contribution in [0.4, 0.5) is 8.78 Å². The van der Waals surface area contributed by atoms with E-state index in [1.165, 1.54) is 36.8 Å². The highest BCUT2D eigenvalue weighted by atomic mass is 32.2. The lowest BCUT2D eigenvalue weighted by Gasteiger charge is -2.11. The fourth-order valence-corrected chi connectivity index (χ4v) is 6.72. The Morgan fingerprint density at radius 2 is 1.16 bits per heavy atom. The van der Waals surface area contributed by atoms with E-state index in [1.807, 2.05) is 0 Å². The fourth-order valence-electron chi connectivity index (χ4n) is 2.22. The van der Waals surface area contributed by atoms with Gasteiger partial charge in [0.1, 0.15) is 21.4 Å². The maximum Gasteiger partial charge on any atom is 0.323 e. The van der Waals surface area contributed by atoms with Gasteiger partial charge in [-0.05, 0) is 36.8 Å². The largest absolute Gasteiger partial charge is 0.323 e. The maximum absolute atomic E-state index is 13.9. The first kappa shape index (κ1) is 27.2. The summed E-state index contributed by atoms with van der Waals surface area (Å²) in [5.41, 5.74) is 0. The minimum Gasteiger partial charge on any atom is -0.282 e. The van der Waals surface area contributed by atoms with Gasteiger partial charge in [0.15, 0.2) is 13.6 Å². The third kappa shape index (κ3) is 6.98. The molecule has 0 aromatic heterocycles. The molecule has 0 radical (unpaired) electrons. The molecule has 32 heavy (non-hydrogen) atoms. The topological polar surface area (TPSA) is 122 Å². The Kier molecular flexibility index (Phi) is 10.1. The molecule has 0 fully saturated rings. The van der Waals surface area contributed by atoms with Crippen LogP contribution in [0.15, 0.2) is 56.0 Å². The predicted molar refractivity (Wildman–Crippen MR) is 114 cm³/mol. The van der Waals surface area contributed by atoms with E-state index in [1.54, 1.807) is 0 Å². The van der Waals surface area contributed by atoms with Crippen LogP contribution in [-0.2, 0) is 42.2 Å². The summed E-state index contributed by atoms with van der Waals surface area (Å²) in [5, 5.41) is 0. The Labute approximate surface area is 193 Å². The average molecular weight is 551 g/mol. The summed E-state index contributed by atoms with van der Waals surface area (Å²) in [4.78, 5) is -1.24. The van der Waals surface area contributed by atoms with Crippen molar-refractivity contribution in [2.24, 2.45) is 0 Å². The van der Waals surface area contributed by atoms with Gasteiger partial charge in [0.05, 0.1) is 0 Å². The second kappa shape index (κ2) is 11.9. The lowest BCUT2D eigenvalue weighted by Crippen LogP contribution is -2.12. The zero-order chi connectivity index (χ0) is 23.9. The maximum atomic E-state index is 13.9. The normalized spacial score (nSPS) is 12.4. The van der Waals surface area contributed by atoms with Crippen LogP contribution in [0.5, 0.6) is 0 Å². The van der Waals surface area contributed by atoms with Gasteiger partial charge in [-0.1, -0.05) is 12.1 Å². The first-order valence-electron chi connectivity index (χ1n) is 8.27. The van der Waals surface area contributed by atoms with Crippen LogP contribution >= 0.6 is 31.8 Å². The molecular weight excluding hydrogens is 533 g/mol. The number of hydrogen-bond acceptors (Lipinski definition) is 11. The molecule has 9 nitrogen and oxygen atoms in total. The molecule has 0 spiro atoms. The van der Waals surface area contributed by atoms with Gasteiger partial charge in [0.25, 0.3) is 0 Å². The number of halogens is 2. The molecular formula is C16H17F2O9PS4. The predicted octanol–water partition coefficient (Wildman–Crippen LogP) is 3.86. The molecule has 0 N–H and O–H groups in total. The van der Waals surface area contributed by atoms with Crippen LogP contribution in [0.3, 0.4) is 0 Å². The van der Waals surface area contributed by atoms with Gasteiger partial charge >= 0.3 is 28.5 Å². The van der Waals surface area contributed by atoms with Crippen molar-refractivity contribution in [2.45, 2.75) is 19.6 Å². The van der Waals surface area contributed by atoms with Gasteiger partial charge in [0, 0.05) is 9.79 Å². The summed E-state index contributed by atoms with van der Waals surface area (Å²) in [6.07, 6.45) is 3.07. The number of thioether (sulfide) groups is 2. The Morgan fingerprint density at radius 1 is 0.781 bits per heavy atom. The van der Waals surface area contributed by atoms with Crippen molar-refractivity contribution in [2.75, 3.05) is 26.1 Å². The molecule has 178 valence electrons. The third-order valence-corrected chi connectivity index (χ3v) is 8.73. The van der Waals surface area contributed by atoms with Crippen LogP contribution in [0, 0.1) is 11.6 Å². The van der Waals surface area contributed by atoms with Crippen LogP contribution in [0.2, 0.25) is 0 Å². The van der Waals surface area contributed by atoms with Gasteiger partial charge < -0.3 is 0 Å². The fraction of sp³-hybridized carbons (Fsp3) is 0.250. The smallest absolute Gasteiger partial charge is 0.282 e. The van der Waals surface area contributed by atoms with E-state index in [9.17, 15) is 30.2 Å². The van der Waals surface area contributed by atoms with E-state index < -0.39 is 63.5 Å². The van der Waals surface area contributed by atoms with E-state index >= 15 is 0 Å². The van der Waals surface area contributed by atoms with Crippen molar-refractivity contribution in [3.63, 3.8) is 0 Å². The lowest BCUT2D eigenvalue weighted by molar-refractivity contribution is 0.0750. The molecule has 0 saturated carbocycles. The summed E-state index contributed by atoms with van der Waals surface area (Å²) in [6, 6.07) is 7.23. The first-order valence-corrected chi connectivity index (χ1v) is 14.8. The molecule has 0 unspecified atom stereocenters. The molecule has 0 atom stereocenters. The molecule has 0 heterocycles. The highest BCUT2D eigenvalue weighted by Crippen LogP contribution is 2.31. The van der Waals surface area contributed by atoms with Crippen molar-refractivity contribution >= 4 is 52.0 Å². The standard InChI is InChI=1S/C16H17F2O9PS4/c1-29-13-7-3-5-11(17)15(13)31(20,21)26-9-24-28(19)25-10-27-32(22,23)16-12(18)6-4-8-14(16)30-2/h3-8,28H,9-10H2,1-2H3. The van der Waals surface area contributed by atoms with E-state index in [0.29, 0.717) is 0 Å². The van der Waals surface area contributed by atoms with Crippen molar-refractivity contribution in [1.29, 1.82) is 0 Å². The molecule has 0 saturated heterocycles. The molecule has 0 aliphatic rings. The summed E-state index contributed by atoms with van der Waals surface area (Å²) < 4.78 is 106. The number of benzene rings is 2. The first-order chi connectivity index (χ1) is 15.0. The Bertz CT molecular complexity index is 1100. The molecule has 0 aliphatic carbocycles. The molecule has 16 heteroatoms. The highest BCUT2D eigenvalue weighted by Gasteiger charge is 2.26. The van der Waals surface area contributed by atoms with Gasteiger partial charge in [-0.15, -0.1) is 23.5 Å². The van der Waals surface area contributed by atoms with Gasteiger partial charge in [-0.3, -0.25) is 13.6 Å². The Morgan fingerprint density at radius 3 is 1.50 bits per heavy atom. The quantitative estimate of drug-likeness (QED) is 0.166. The van der Waals surface area contributed by atoms with Gasteiger partial charge in [0.2, 0.25) is 0 Å². The molecule has 0 aliphatic heterocycles. The van der Waals surface area contributed by atoms with Crippen molar-refractivity contribution in [3.05, 3.63) is 48.0 Å². The second-order valence-electron chi connectivity index (χ2n) is 5.46. The van der Waals surface area contributed by atoms with Crippen LogP contribution in [-0.4, -0.2) is 42.9 Å². The second-order valence-corrected chi connectivity index (χ2v) is 11.3. The van der Waals surface area contributed by atoms with E-state index in [0.717, 1.165) is 35.7 Å². The monoisotopic (exact) mass is 550 g/mol. The van der Waals surface area contributed by atoms with Gasteiger partial charge in [-0.2, -0.15) is 16.8 Å². The molecule has 0 amide bonds. The summed E-state index contributed by atoms with van der Waals surface area (Å²) >= 11 is 1.94. The van der Waals surface area contributed by atoms with E-state index in [2.05, 4.69) is 17.4 Å². The van der Waals surface area contributed by atoms with Crippen LogP contribution < -0.4 is 0 Å². The van der Waals surface area contributed by atoms with Crippen LogP contribution in [0.25, 0.3) is 0 Å². The zero-order valence-electron chi connectivity index (χ0n) is 16.4. The Hall–Kier alpha value is -1.03. The highest BCUT2D eigenvalue weighted by molar-refractivity contribution is 7.99. The van der Waals surface area contributed by atoms with E-state index in [4.69, 9.17) is 0 Å². The molecule has 2 aromatic rings. The minimum absolute atomic E-state index is 0.0882. The summed E-state index contributed by atoms with van der Waals surface area (Å²) in [7, 11) is -12.7. The molecule has 2 rings (SSSR count). The van der Waals surface area contributed by atoms with Crippen molar-refractivity contribution in [1.82, 2.24) is 0 Å². The summed E-state index contributed by atoms with van der Waals surface area (Å²) in [6.45, 7) is -2.20. The summed E-state index contributed by atoms with van der Waals surface area (Å²) in [5.74, 6) is -2.09. The van der Waals surface area contributed by atoms with Gasteiger partial charge in [-0.25, -0.2) is 17.1 Å². The van der Waals surface area contributed by atoms with Crippen molar-refractivity contribution in [3.8, 4) is 0 Å². The molecule has 2 aromatic carbocycles. The van der Waals surface area contributed by atoms with Crippen molar-refractivity contribution < 1.29 is 47.6 Å². The van der Waals surface area contributed by atoms with E-state index in [-0.39, 0.29) is 9.79 Å². The minimum atomic E-state index is -4.59. The Balaban J connectivity index is 1.91. The lowest BCUT2D eigenvalue weighted by atomic mass is 10.3. The third-order valence-electron chi connectivity index (χ3n) is 3.56.